The van der Waals surface area contributed by atoms with Crippen LogP contribution in [-0.4, -0.2) is 30.9 Å². The summed E-state index contributed by atoms with van der Waals surface area (Å²) in [7, 11) is 1.86. The molecular weight excluding hydrogens is 212 g/mol. The molecule has 0 radical (unpaired) electrons. The van der Waals surface area contributed by atoms with Crippen LogP contribution in [0.4, 0.5) is 0 Å². The average molecular weight is 228 g/mol. The highest BCUT2D eigenvalue weighted by molar-refractivity contribution is 5.99. The highest BCUT2D eigenvalue weighted by Gasteiger charge is 2.27. The van der Waals surface area contributed by atoms with Crippen LogP contribution in [0.3, 0.4) is 0 Å². The molecule has 0 atom stereocenters. The number of fused-ring (bicyclic) bond motifs is 1. The van der Waals surface area contributed by atoms with E-state index in [4.69, 9.17) is 0 Å². The number of benzene rings is 1. The maximum atomic E-state index is 11.9. The SMILES string of the molecule is CN1Cc2c(cccc2C2=CCNCC2)C1=O. The Balaban J connectivity index is 2.08. The summed E-state index contributed by atoms with van der Waals surface area (Å²) in [6, 6.07) is 6.07. The summed E-state index contributed by atoms with van der Waals surface area (Å²) in [5, 5.41) is 3.32. The van der Waals surface area contributed by atoms with Gasteiger partial charge in [0.25, 0.3) is 5.91 Å². The van der Waals surface area contributed by atoms with Crippen molar-refractivity contribution in [1.29, 1.82) is 0 Å². The van der Waals surface area contributed by atoms with Crippen molar-refractivity contribution >= 4 is 11.5 Å². The molecule has 0 aliphatic carbocycles. The molecule has 0 saturated carbocycles. The van der Waals surface area contributed by atoms with Gasteiger partial charge in [0, 0.05) is 25.7 Å². The van der Waals surface area contributed by atoms with E-state index in [1.165, 1.54) is 16.7 Å². The molecule has 17 heavy (non-hydrogen) atoms. The minimum absolute atomic E-state index is 0.149. The van der Waals surface area contributed by atoms with Gasteiger partial charge in [-0.2, -0.15) is 0 Å². The number of carbonyl (C=O) groups excluding carboxylic acids is 1. The monoisotopic (exact) mass is 228 g/mol. The van der Waals surface area contributed by atoms with Crippen LogP contribution in [0.15, 0.2) is 24.3 Å². The van der Waals surface area contributed by atoms with Crippen molar-refractivity contribution in [3.05, 3.63) is 41.0 Å². The van der Waals surface area contributed by atoms with Gasteiger partial charge in [-0.3, -0.25) is 4.79 Å². The van der Waals surface area contributed by atoms with Crippen molar-refractivity contribution in [1.82, 2.24) is 10.2 Å². The van der Waals surface area contributed by atoms with E-state index in [1.54, 1.807) is 4.90 Å². The second kappa shape index (κ2) is 4.00. The van der Waals surface area contributed by atoms with Crippen LogP contribution in [0.2, 0.25) is 0 Å². The number of rotatable bonds is 1. The number of carbonyl (C=O) groups is 1. The van der Waals surface area contributed by atoms with E-state index in [0.29, 0.717) is 0 Å². The minimum Gasteiger partial charge on any atom is -0.337 e. The normalized spacial score (nSPS) is 19.2. The van der Waals surface area contributed by atoms with Crippen molar-refractivity contribution in [2.24, 2.45) is 0 Å². The average Bonchev–Trinajstić information content (AvgIpc) is 2.67. The number of hydrogen-bond acceptors (Lipinski definition) is 2. The van der Waals surface area contributed by atoms with Crippen molar-refractivity contribution in [2.75, 3.05) is 20.1 Å². The highest BCUT2D eigenvalue weighted by Crippen LogP contribution is 2.31. The topological polar surface area (TPSA) is 32.3 Å². The van der Waals surface area contributed by atoms with E-state index in [2.05, 4.69) is 17.5 Å². The van der Waals surface area contributed by atoms with Gasteiger partial charge in [0.1, 0.15) is 0 Å². The Hall–Kier alpha value is -1.61. The summed E-state index contributed by atoms with van der Waals surface area (Å²) in [4.78, 5) is 13.7. The van der Waals surface area contributed by atoms with Crippen LogP contribution in [0.25, 0.3) is 5.57 Å². The van der Waals surface area contributed by atoms with Gasteiger partial charge in [-0.05, 0) is 35.7 Å². The molecule has 0 unspecified atom stereocenters. The van der Waals surface area contributed by atoms with Gasteiger partial charge < -0.3 is 10.2 Å². The Bertz CT molecular complexity index is 505. The van der Waals surface area contributed by atoms with E-state index in [1.807, 2.05) is 19.2 Å². The molecular formula is C14H16N2O. The van der Waals surface area contributed by atoms with Gasteiger partial charge in [-0.15, -0.1) is 0 Å². The molecule has 0 spiro atoms. The molecule has 88 valence electrons. The van der Waals surface area contributed by atoms with Gasteiger partial charge in [0.05, 0.1) is 0 Å². The predicted octanol–water partition coefficient (Wildman–Crippen LogP) is 1.65. The Morgan fingerprint density at radius 2 is 2.12 bits per heavy atom. The van der Waals surface area contributed by atoms with Crippen LogP contribution in [-0.2, 0) is 6.54 Å². The molecule has 1 amide bonds. The van der Waals surface area contributed by atoms with Crippen molar-refractivity contribution in [3.8, 4) is 0 Å². The Morgan fingerprint density at radius 3 is 2.88 bits per heavy atom. The van der Waals surface area contributed by atoms with Crippen molar-refractivity contribution in [3.63, 3.8) is 0 Å². The van der Waals surface area contributed by atoms with Gasteiger partial charge in [-0.25, -0.2) is 0 Å². The smallest absolute Gasteiger partial charge is 0.254 e. The molecule has 3 heteroatoms. The zero-order valence-corrected chi connectivity index (χ0v) is 9.99. The summed E-state index contributed by atoms with van der Waals surface area (Å²) >= 11 is 0. The van der Waals surface area contributed by atoms with Crippen LogP contribution < -0.4 is 5.32 Å². The summed E-state index contributed by atoms with van der Waals surface area (Å²) in [6.07, 6.45) is 3.29. The molecule has 0 fully saturated rings. The lowest BCUT2D eigenvalue weighted by Gasteiger charge is -2.16. The number of nitrogens with one attached hydrogen (secondary N) is 1. The third-order valence-electron chi connectivity index (χ3n) is 3.56. The number of nitrogens with zero attached hydrogens (tertiary/aromatic N) is 1. The molecule has 1 aromatic rings. The highest BCUT2D eigenvalue weighted by atomic mass is 16.2. The van der Waals surface area contributed by atoms with Crippen LogP contribution in [0, 0.1) is 0 Å². The molecule has 2 heterocycles. The quantitative estimate of drug-likeness (QED) is 0.792. The number of hydrogen-bond donors (Lipinski definition) is 1. The van der Waals surface area contributed by atoms with Gasteiger partial charge in [0.15, 0.2) is 0 Å². The Kier molecular flexibility index (Phi) is 2.48. The van der Waals surface area contributed by atoms with Crippen molar-refractivity contribution < 1.29 is 4.79 Å². The standard InChI is InChI=1S/C14H16N2O/c1-16-9-13-11(10-5-7-15-8-6-10)3-2-4-12(13)14(16)17/h2-5,15H,6-9H2,1H3. The maximum absolute atomic E-state index is 11.9. The van der Waals surface area contributed by atoms with E-state index >= 15 is 0 Å². The fraction of sp³-hybridized carbons (Fsp3) is 0.357. The van der Waals surface area contributed by atoms with Crippen LogP contribution in [0.5, 0.6) is 0 Å². The third kappa shape index (κ3) is 1.67. The molecule has 2 aliphatic heterocycles. The first kappa shape index (κ1) is 10.5. The van der Waals surface area contributed by atoms with E-state index in [9.17, 15) is 4.79 Å². The van der Waals surface area contributed by atoms with Crippen molar-refractivity contribution in [2.45, 2.75) is 13.0 Å². The molecule has 0 aromatic heterocycles. The van der Waals surface area contributed by atoms with Crippen LogP contribution in [0.1, 0.15) is 27.9 Å². The minimum atomic E-state index is 0.149. The van der Waals surface area contributed by atoms with E-state index in [0.717, 1.165) is 31.6 Å². The lowest BCUT2D eigenvalue weighted by atomic mass is 9.93. The third-order valence-corrected chi connectivity index (χ3v) is 3.56. The first-order chi connectivity index (χ1) is 8.27. The van der Waals surface area contributed by atoms with Crippen LogP contribution >= 0.6 is 0 Å². The zero-order chi connectivity index (χ0) is 11.8. The lowest BCUT2D eigenvalue weighted by Crippen LogP contribution is -2.20. The molecule has 1 aromatic carbocycles. The molecule has 2 aliphatic rings. The largest absolute Gasteiger partial charge is 0.337 e. The van der Waals surface area contributed by atoms with E-state index in [-0.39, 0.29) is 5.91 Å². The molecule has 0 saturated heterocycles. The second-order valence-electron chi connectivity index (χ2n) is 4.68. The van der Waals surface area contributed by atoms with Gasteiger partial charge in [0.2, 0.25) is 0 Å². The van der Waals surface area contributed by atoms with Gasteiger partial charge in [-0.1, -0.05) is 18.2 Å². The summed E-state index contributed by atoms with van der Waals surface area (Å²) in [5.74, 6) is 0.149. The molecule has 3 rings (SSSR count). The van der Waals surface area contributed by atoms with Gasteiger partial charge >= 0.3 is 0 Å². The maximum Gasteiger partial charge on any atom is 0.254 e. The summed E-state index contributed by atoms with van der Waals surface area (Å²) in [5.41, 5.74) is 4.72. The first-order valence-corrected chi connectivity index (χ1v) is 6.05. The molecule has 3 nitrogen and oxygen atoms in total. The molecule has 1 N–H and O–H groups in total. The fourth-order valence-electron chi connectivity index (χ4n) is 2.64. The Labute approximate surface area is 101 Å². The second-order valence-corrected chi connectivity index (χ2v) is 4.68. The molecule has 0 bridgehead atoms. The number of amides is 1. The zero-order valence-electron chi connectivity index (χ0n) is 9.99. The first-order valence-electron chi connectivity index (χ1n) is 6.05. The summed E-state index contributed by atoms with van der Waals surface area (Å²) in [6.45, 7) is 2.71. The lowest BCUT2D eigenvalue weighted by molar-refractivity contribution is 0.0816. The Morgan fingerprint density at radius 1 is 1.29 bits per heavy atom. The summed E-state index contributed by atoms with van der Waals surface area (Å²) < 4.78 is 0. The van der Waals surface area contributed by atoms with E-state index < -0.39 is 0 Å². The predicted molar refractivity (Wildman–Crippen MR) is 67.7 cm³/mol. The fourth-order valence-corrected chi connectivity index (χ4v) is 2.64.